The Labute approximate surface area is 246 Å². The monoisotopic (exact) mass is 599 g/mol. The average molecular weight is 600 g/mol. The van der Waals surface area contributed by atoms with Gasteiger partial charge in [-0.2, -0.15) is 0 Å². The fourth-order valence-electron chi connectivity index (χ4n) is 5.33. The van der Waals surface area contributed by atoms with Crippen LogP contribution in [0, 0.1) is 0 Å². The predicted octanol–water partition coefficient (Wildman–Crippen LogP) is 0.766. The smallest absolute Gasteiger partial charge is 0.341 e. The van der Waals surface area contributed by atoms with Gasteiger partial charge in [-0.3, -0.25) is 4.79 Å². The molecule has 0 amide bonds. The Morgan fingerprint density at radius 3 is 2.07 bits per heavy atom. The third-order valence-electron chi connectivity index (χ3n) is 7.47. The third kappa shape index (κ3) is 7.85. The number of likely N-dealkylation sites (N-methyl/N-ethyl adjacent to an activating group) is 1. The number of carbonyl (C=O) groups excluding carboxylic acids is 1. The summed E-state index contributed by atoms with van der Waals surface area (Å²) in [6, 6.07) is 7.89. The SMILES string of the molecule is COc1cc2c(cc1OC)[C@@H](Cc1cc(OC)c(OC)c(OC)c1)[N@+](C)(CCCOC(=O)C(F)CC(=O)O)CC2.[Cl-]. The molecule has 41 heavy (non-hydrogen) atoms. The van der Waals surface area contributed by atoms with E-state index in [0.29, 0.717) is 52.6 Å². The molecule has 3 atom stereocenters. The van der Waals surface area contributed by atoms with E-state index in [0.717, 1.165) is 29.7 Å². The molecule has 1 aliphatic rings. The fourth-order valence-corrected chi connectivity index (χ4v) is 5.33. The van der Waals surface area contributed by atoms with E-state index < -0.39 is 24.5 Å². The first-order valence-corrected chi connectivity index (χ1v) is 13.0. The number of carboxylic acid groups (broad SMARTS) is 1. The number of hydrogen-bond donors (Lipinski definition) is 1. The summed E-state index contributed by atoms with van der Waals surface area (Å²) in [4.78, 5) is 22.5. The van der Waals surface area contributed by atoms with Crippen LogP contribution >= 0.6 is 0 Å². The van der Waals surface area contributed by atoms with Gasteiger partial charge in [-0.1, -0.05) is 0 Å². The highest BCUT2D eigenvalue weighted by Crippen LogP contribution is 2.44. The number of aliphatic carboxylic acids is 1. The van der Waals surface area contributed by atoms with Gasteiger partial charge in [0.05, 0.1) is 68.7 Å². The summed E-state index contributed by atoms with van der Waals surface area (Å²) in [5, 5.41) is 8.71. The number of nitrogens with zero attached hydrogens (tertiary/aromatic N) is 1. The van der Waals surface area contributed by atoms with Crippen LogP contribution in [0.3, 0.4) is 0 Å². The average Bonchev–Trinajstić information content (AvgIpc) is 2.95. The number of benzene rings is 2. The number of carbonyl (C=O) groups is 2. The van der Waals surface area contributed by atoms with Gasteiger partial charge in [-0.15, -0.1) is 0 Å². The molecule has 2 aromatic rings. The summed E-state index contributed by atoms with van der Waals surface area (Å²) in [7, 11) is 10.1. The van der Waals surface area contributed by atoms with Gasteiger partial charge in [0, 0.05) is 24.8 Å². The van der Waals surface area contributed by atoms with Crippen LogP contribution in [-0.2, 0) is 27.2 Å². The topological polar surface area (TPSA) is 110 Å². The number of alkyl halides is 1. The number of fused-ring (bicyclic) bond motifs is 1. The van der Waals surface area contributed by atoms with Crippen molar-refractivity contribution in [2.45, 2.75) is 37.9 Å². The molecule has 0 saturated carbocycles. The normalized spacial score (nSPS) is 18.3. The van der Waals surface area contributed by atoms with Gasteiger partial charge in [0.2, 0.25) is 11.9 Å². The maximum Gasteiger partial charge on any atom is 0.341 e. The largest absolute Gasteiger partial charge is 1.00 e. The van der Waals surface area contributed by atoms with Crippen molar-refractivity contribution in [3.8, 4) is 28.7 Å². The first-order chi connectivity index (χ1) is 19.1. The van der Waals surface area contributed by atoms with Gasteiger partial charge in [0.25, 0.3) is 0 Å². The Kier molecular flexibility index (Phi) is 12.3. The Morgan fingerprint density at radius 2 is 1.54 bits per heavy atom. The van der Waals surface area contributed by atoms with E-state index >= 15 is 0 Å². The van der Waals surface area contributed by atoms with E-state index in [1.165, 1.54) is 0 Å². The number of hydrogen-bond acceptors (Lipinski definition) is 8. The fraction of sp³-hybridized carbons (Fsp3) is 0.517. The van der Waals surface area contributed by atoms with Crippen LogP contribution < -0.4 is 36.1 Å². The lowest BCUT2D eigenvalue weighted by Gasteiger charge is -2.46. The molecule has 1 aliphatic heterocycles. The molecule has 12 heteroatoms. The van der Waals surface area contributed by atoms with E-state index in [4.69, 9.17) is 33.5 Å². The second kappa shape index (κ2) is 15.0. The van der Waals surface area contributed by atoms with Crippen molar-refractivity contribution in [3.05, 3.63) is 41.0 Å². The van der Waals surface area contributed by atoms with Gasteiger partial charge < -0.3 is 50.4 Å². The molecule has 0 spiro atoms. The molecular formula is C29H39ClFNO9. The zero-order valence-corrected chi connectivity index (χ0v) is 25.1. The van der Waals surface area contributed by atoms with Crippen LogP contribution in [0.5, 0.6) is 28.7 Å². The van der Waals surface area contributed by atoms with Gasteiger partial charge in [0.1, 0.15) is 6.04 Å². The second-order valence-corrected chi connectivity index (χ2v) is 9.92. The molecule has 1 unspecified atom stereocenters. The number of quaternary nitrogens is 1. The van der Waals surface area contributed by atoms with Crippen molar-refractivity contribution >= 4 is 11.9 Å². The molecule has 0 fully saturated rings. The quantitative estimate of drug-likeness (QED) is 0.191. The number of carboxylic acids is 1. The predicted molar refractivity (Wildman–Crippen MR) is 144 cm³/mol. The lowest BCUT2D eigenvalue weighted by atomic mass is 9.86. The molecule has 1 heterocycles. The molecule has 228 valence electrons. The number of methoxy groups -OCH3 is 5. The molecular weight excluding hydrogens is 561 g/mol. The van der Waals surface area contributed by atoms with Gasteiger partial charge >= 0.3 is 11.9 Å². The Bertz CT molecular complexity index is 1190. The van der Waals surface area contributed by atoms with Crippen LogP contribution in [0.2, 0.25) is 0 Å². The molecule has 10 nitrogen and oxygen atoms in total. The molecule has 0 bridgehead atoms. The summed E-state index contributed by atoms with van der Waals surface area (Å²) < 4.78 is 47.3. The highest BCUT2D eigenvalue weighted by atomic mass is 35.5. The molecule has 0 aliphatic carbocycles. The summed E-state index contributed by atoms with van der Waals surface area (Å²) in [6.07, 6.45) is -1.20. The zero-order chi connectivity index (χ0) is 29.4. The highest BCUT2D eigenvalue weighted by Gasteiger charge is 2.40. The minimum atomic E-state index is -2.18. The number of ether oxygens (including phenoxy) is 6. The lowest BCUT2D eigenvalue weighted by molar-refractivity contribution is -0.941. The standard InChI is InChI=1S/C29H38FNO9.ClH/c1-31(9-7-11-40-29(34)21(30)17-27(32)33)10-8-19-15-23(35-2)24(36-3)16-20(19)22(31)12-18-13-25(37-4)28(39-6)26(14-18)38-5;/h13-16,21-22H,7-12,17H2,1-6H3;1H/t21?,22-,31-;/m1./s1. The molecule has 2 aromatic carbocycles. The van der Waals surface area contributed by atoms with Crippen LogP contribution in [0.15, 0.2) is 24.3 Å². The molecule has 0 saturated heterocycles. The van der Waals surface area contributed by atoms with Crippen molar-refractivity contribution in [1.82, 2.24) is 0 Å². The summed E-state index contributed by atoms with van der Waals surface area (Å²) in [6.45, 7) is 1.42. The van der Waals surface area contributed by atoms with Crippen molar-refractivity contribution in [3.63, 3.8) is 0 Å². The van der Waals surface area contributed by atoms with Crippen LogP contribution in [0.1, 0.15) is 35.6 Å². The van der Waals surface area contributed by atoms with Crippen molar-refractivity contribution in [2.24, 2.45) is 0 Å². The van der Waals surface area contributed by atoms with Crippen LogP contribution in [0.4, 0.5) is 4.39 Å². The molecule has 3 rings (SSSR count). The van der Waals surface area contributed by atoms with Gasteiger partial charge in [-0.05, 0) is 35.4 Å². The maximum atomic E-state index is 13.8. The first kappa shape index (κ1) is 33.8. The van der Waals surface area contributed by atoms with E-state index in [1.54, 1.807) is 35.5 Å². The Hall–Kier alpha value is -3.44. The first-order valence-electron chi connectivity index (χ1n) is 13.0. The summed E-state index contributed by atoms with van der Waals surface area (Å²) in [5.41, 5.74) is 3.25. The summed E-state index contributed by atoms with van der Waals surface area (Å²) >= 11 is 0. The zero-order valence-electron chi connectivity index (χ0n) is 24.3. The Morgan fingerprint density at radius 1 is 0.951 bits per heavy atom. The van der Waals surface area contributed by atoms with E-state index in [2.05, 4.69) is 7.05 Å². The van der Waals surface area contributed by atoms with Crippen molar-refractivity contribution < 1.29 is 64.4 Å². The number of esters is 1. The van der Waals surface area contributed by atoms with E-state index in [9.17, 15) is 14.0 Å². The number of rotatable bonds is 14. The van der Waals surface area contributed by atoms with Gasteiger partial charge in [-0.25, -0.2) is 9.18 Å². The van der Waals surface area contributed by atoms with Crippen molar-refractivity contribution in [1.29, 1.82) is 0 Å². The third-order valence-corrected chi connectivity index (χ3v) is 7.47. The van der Waals surface area contributed by atoms with E-state index in [-0.39, 0.29) is 25.1 Å². The Balaban J connectivity index is 0.00000588. The molecule has 1 N–H and O–H groups in total. The molecule has 0 radical (unpaired) electrons. The lowest BCUT2D eigenvalue weighted by Crippen LogP contribution is -3.00. The number of halogens is 2. The van der Waals surface area contributed by atoms with E-state index in [1.807, 2.05) is 24.3 Å². The van der Waals surface area contributed by atoms with Crippen molar-refractivity contribution in [2.75, 3.05) is 62.3 Å². The maximum absolute atomic E-state index is 13.8. The summed E-state index contributed by atoms with van der Waals surface area (Å²) in [5.74, 6) is 0.379. The highest BCUT2D eigenvalue weighted by molar-refractivity contribution is 5.80. The van der Waals surface area contributed by atoms with Gasteiger partial charge in [0.15, 0.2) is 23.0 Å². The van der Waals surface area contributed by atoms with Crippen LogP contribution in [0.25, 0.3) is 0 Å². The van der Waals surface area contributed by atoms with Crippen LogP contribution in [-0.4, -0.2) is 90.0 Å². The molecule has 0 aromatic heterocycles. The minimum absolute atomic E-state index is 0. The second-order valence-electron chi connectivity index (χ2n) is 9.92. The minimum Gasteiger partial charge on any atom is -1.00 e.